The van der Waals surface area contributed by atoms with Crippen molar-refractivity contribution in [3.63, 3.8) is 0 Å². The maximum absolute atomic E-state index is 5.78. The van der Waals surface area contributed by atoms with E-state index < -0.39 is 0 Å². The predicted molar refractivity (Wildman–Crippen MR) is 225 cm³/mol. The molecule has 0 saturated heterocycles. The number of pyridine rings is 2. The van der Waals surface area contributed by atoms with Gasteiger partial charge in [-0.15, -0.1) is 34.0 Å². The largest absolute Gasteiger partial charge is 0.265 e. The molecule has 0 unspecified atom stereocenters. The first-order valence-electron chi connectivity index (χ1n) is 17.0. The van der Waals surface area contributed by atoms with Gasteiger partial charge in [-0.25, -0.2) is 0 Å². The average Bonchev–Trinajstić information content (AvgIpc) is 3.77. The highest BCUT2D eigenvalue weighted by Crippen LogP contribution is 2.32. The molecule has 0 aliphatic rings. The molecule has 5 heterocycles. The molecular weight excluding hydrogens is 676 g/mol. The second kappa shape index (κ2) is 19.3. The van der Waals surface area contributed by atoms with Crippen molar-refractivity contribution < 1.29 is 0 Å². The van der Waals surface area contributed by atoms with Gasteiger partial charge in [-0.2, -0.15) is 0 Å². The van der Waals surface area contributed by atoms with Crippen LogP contribution in [-0.4, -0.2) is 9.97 Å². The number of nitrogens with zero attached hydrogens (tertiary/aromatic N) is 2. The zero-order chi connectivity index (χ0) is 37.7. The van der Waals surface area contributed by atoms with Crippen LogP contribution in [0, 0.1) is 6.92 Å². The van der Waals surface area contributed by atoms with E-state index in [1.165, 1.54) is 30.6 Å². The third-order valence-corrected chi connectivity index (χ3v) is 11.5. The van der Waals surface area contributed by atoms with E-state index in [0.717, 1.165) is 4.34 Å². The molecule has 0 aliphatic heterocycles. The molecular formula is C43H63ClN2S3. The monoisotopic (exact) mass is 738 g/mol. The first kappa shape index (κ1) is 44.7. The summed E-state index contributed by atoms with van der Waals surface area (Å²) < 4.78 is 0.880. The normalized spacial score (nSPS) is 11.8. The summed E-state index contributed by atoms with van der Waals surface area (Å²) in [7, 11) is 0. The lowest BCUT2D eigenvalue weighted by atomic mass is 9.88. The van der Waals surface area contributed by atoms with Gasteiger partial charge in [0.25, 0.3) is 0 Å². The summed E-state index contributed by atoms with van der Waals surface area (Å²) in [4.78, 5) is 13.7. The third-order valence-electron chi connectivity index (χ3n) is 7.13. The van der Waals surface area contributed by atoms with Gasteiger partial charge in [-0.1, -0.05) is 128 Å². The molecule has 5 aromatic heterocycles. The van der Waals surface area contributed by atoms with E-state index in [2.05, 4.69) is 175 Å². The average molecular weight is 740 g/mol. The summed E-state index contributed by atoms with van der Waals surface area (Å²) in [5.41, 5.74) is 4.03. The minimum atomic E-state index is 0.230. The second-order valence-electron chi connectivity index (χ2n) is 17.2. The van der Waals surface area contributed by atoms with E-state index in [1.54, 1.807) is 17.5 Å². The van der Waals surface area contributed by atoms with Crippen molar-refractivity contribution in [2.24, 2.45) is 0 Å². The Labute approximate surface area is 317 Å². The van der Waals surface area contributed by atoms with Crippen LogP contribution in [0.25, 0.3) is 0 Å². The van der Waals surface area contributed by atoms with Crippen molar-refractivity contribution in [2.45, 2.75) is 138 Å². The van der Waals surface area contributed by atoms with Crippen LogP contribution >= 0.6 is 45.6 Å². The number of hydrogen-bond acceptors (Lipinski definition) is 5. The highest BCUT2D eigenvalue weighted by molar-refractivity contribution is 7.16. The fourth-order valence-electron chi connectivity index (χ4n) is 3.92. The van der Waals surface area contributed by atoms with Crippen LogP contribution in [0.2, 0.25) is 4.34 Å². The van der Waals surface area contributed by atoms with Crippen molar-refractivity contribution in [3.05, 3.63) is 126 Å². The number of halogens is 1. The number of aryl methyl sites for hydroxylation is 1. The molecule has 5 rings (SSSR count). The summed E-state index contributed by atoms with van der Waals surface area (Å²) >= 11 is 11.2. The Hall–Kier alpha value is -2.31. The summed E-state index contributed by atoms with van der Waals surface area (Å²) in [6.07, 6.45) is 7.39. The van der Waals surface area contributed by atoms with E-state index in [4.69, 9.17) is 11.6 Å². The van der Waals surface area contributed by atoms with E-state index in [1.807, 2.05) is 53.4 Å². The van der Waals surface area contributed by atoms with Crippen molar-refractivity contribution in [1.29, 1.82) is 0 Å². The van der Waals surface area contributed by atoms with Crippen molar-refractivity contribution in [3.8, 4) is 0 Å². The maximum Gasteiger partial charge on any atom is 0.0931 e. The van der Waals surface area contributed by atoms with Gasteiger partial charge in [-0.05, 0) is 99.0 Å². The van der Waals surface area contributed by atoms with Crippen molar-refractivity contribution >= 4 is 45.6 Å². The van der Waals surface area contributed by atoms with Crippen molar-refractivity contribution in [2.75, 3.05) is 0 Å². The molecule has 5 aromatic rings. The second-order valence-corrected chi connectivity index (χ2v) is 21.2. The summed E-state index contributed by atoms with van der Waals surface area (Å²) in [6, 6.07) is 20.9. The van der Waals surface area contributed by atoms with Gasteiger partial charge in [0.15, 0.2) is 0 Å². The topological polar surface area (TPSA) is 25.8 Å². The van der Waals surface area contributed by atoms with Gasteiger partial charge in [0, 0.05) is 44.3 Å². The lowest BCUT2D eigenvalue weighted by molar-refractivity contribution is 0.587. The quantitative estimate of drug-likeness (QED) is 0.158. The predicted octanol–water partition coefficient (Wildman–Crippen LogP) is 14.9. The fraction of sp³-hybridized carbons (Fsp3) is 0.488. The molecule has 0 radical (unpaired) electrons. The van der Waals surface area contributed by atoms with Crippen LogP contribution in [0.4, 0.5) is 0 Å². The van der Waals surface area contributed by atoms with Gasteiger partial charge in [0.05, 0.1) is 4.34 Å². The Morgan fingerprint density at radius 2 is 0.980 bits per heavy atom. The van der Waals surface area contributed by atoms with Gasteiger partial charge in [0.2, 0.25) is 0 Å². The van der Waals surface area contributed by atoms with Crippen LogP contribution < -0.4 is 0 Å². The SMILES string of the molecule is CC(C)(C)c1ccc(Cl)s1.CC(C)(C)c1cccnc1.CC(C)(C)c1cccs1.CC(C)(C)c1ccncc1.Cc1ccc(C(C)(C)C)s1. The summed E-state index contributed by atoms with van der Waals surface area (Å²) in [5, 5.41) is 2.13. The third kappa shape index (κ3) is 18.5. The molecule has 270 valence electrons. The van der Waals surface area contributed by atoms with Gasteiger partial charge < -0.3 is 0 Å². The fourth-order valence-corrected chi connectivity index (χ4v) is 6.76. The Kier molecular flexibility index (Phi) is 17.6. The van der Waals surface area contributed by atoms with Crippen LogP contribution in [0.15, 0.2) is 90.8 Å². The Balaban J connectivity index is 0.000000306. The van der Waals surface area contributed by atoms with Crippen LogP contribution in [0.5, 0.6) is 0 Å². The number of hydrogen-bond donors (Lipinski definition) is 0. The smallest absolute Gasteiger partial charge is 0.0931 e. The molecule has 0 fully saturated rings. The van der Waals surface area contributed by atoms with E-state index >= 15 is 0 Å². The summed E-state index contributed by atoms with van der Waals surface area (Å²) in [6.45, 7) is 35.3. The minimum absolute atomic E-state index is 0.230. The number of rotatable bonds is 0. The van der Waals surface area contributed by atoms with Gasteiger partial charge >= 0.3 is 0 Å². The molecule has 49 heavy (non-hydrogen) atoms. The molecule has 6 heteroatoms. The van der Waals surface area contributed by atoms with E-state index in [0.29, 0.717) is 10.8 Å². The minimum Gasteiger partial charge on any atom is -0.265 e. The molecule has 0 saturated carbocycles. The van der Waals surface area contributed by atoms with E-state index in [9.17, 15) is 0 Å². The highest BCUT2D eigenvalue weighted by atomic mass is 35.5. The lowest BCUT2D eigenvalue weighted by Crippen LogP contribution is -2.10. The van der Waals surface area contributed by atoms with Crippen LogP contribution in [0.3, 0.4) is 0 Å². The van der Waals surface area contributed by atoms with Crippen LogP contribution in [-0.2, 0) is 27.1 Å². The summed E-state index contributed by atoms with van der Waals surface area (Å²) in [5.74, 6) is 0. The molecule has 2 nitrogen and oxygen atoms in total. The molecule has 0 amide bonds. The lowest BCUT2D eigenvalue weighted by Gasteiger charge is -2.17. The van der Waals surface area contributed by atoms with Gasteiger partial charge in [0.1, 0.15) is 0 Å². The molecule has 0 spiro atoms. The molecule has 0 N–H and O–H groups in total. The molecule has 0 bridgehead atoms. The standard InChI is InChI=1S/2C9H13N.C9H14S.C8H11ClS.C8H12S/c1-9(2,3)8-4-6-10-7-5-8;1-9(2,3)8-5-4-6-10-7-8;1-7-5-6-8(10-7)9(2,3)4;1-8(2,3)6-4-5-7(9)10-6;1-8(2,3)7-5-4-6-9-7/h2*4-7H,1-3H3;5-6H,1-4H3;4-5H,1-3H3;4-6H,1-3H3. The maximum atomic E-state index is 5.78. The number of aromatic nitrogens is 2. The van der Waals surface area contributed by atoms with E-state index in [-0.39, 0.29) is 16.2 Å². The Morgan fingerprint density at radius 1 is 0.469 bits per heavy atom. The molecule has 0 aliphatic carbocycles. The highest BCUT2D eigenvalue weighted by Gasteiger charge is 2.16. The number of thiophene rings is 3. The zero-order valence-corrected chi connectivity index (χ0v) is 36.4. The molecule has 0 atom stereocenters. The van der Waals surface area contributed by atoms with Gasteiger partial charge in [-0.3, -0.25) is 9.97 Å². The Bertz CT molecular complexity index is 1470. The first-order valence-corrected chi connectivity index (χ1v) is 19.9. The van der Waals surface area contributed by atoms with Crippen LogP contribution in [0.1, 0.15) is 134 Å². The first-order chi connectivity index (χ1) is 22.3. The Morgan fingerprint density at radius 3 is 1.22 bits per heavy atom. The zero-order valence-electron chi connectivity index (χ0n) is 33.2. The molecule has 0 aromatic carbocycles. The van der Waals surface area contributed by atoms with Crippen molar-refractivity contribution in [1.82, 2.24) is 9.97 Å².